The smallest absolute Gasteiger partial charge is 0.264 e. The maximum atomic E-state index is 13.6. The van der Waals surface area contributed by atoms with E-state index in [0.29, 0.717) is 49.2 Å². The number of carbonyl (C=O) groups excluding carboxylic acids is 1. The van der Waals surface area contributed by atoms with Crippen molar-refractivity contribution in [3.63, 3.8) is 0 Å². The molecule has 3 fully saturated rings. The average molecular weight is 743 g/mol. The van der Waals surface area contributed by atoms with Crippen LogP contribution >= 0.6 is 11.6 Å². The Morgan fingerprint density at radius 3 is 2.67 bits per heavy atom. The van der Waals surface area contributed by atoms with Gasteiger partial charge in [0.25, 0.3) is 5.91 Å². The summed E-state index contributed by atoms with van der Waals surface area (Å²) in [6.07, 6.45) is 6.73. The number of carbonyl (C=O) groups is 1. The lowest BCUT2D eigenvalue weighted by Crippen LogP contribution is -2.62. The van der Waals surface area contributed by atoms with Crippen LogP contribution in [0.15, 0.2) is 36.4 Å². The number of ether oxygens (including phenoxy) is 2. The first-order chi connectivity index (χ1) is 24.5. The van der Waals surface area contributed by atoms with Crippen LogP contribution in [-0.4, -0.2) is 105 Å². The molecule has 2 N–H and O–H groups in total. The van der Waals surface area contributed by atoms with Gasteiger partial charge < -0.3 is 19.5 Å². The minimum absolute atomic E-state index is 0.114. The number of aliphatic hydroxyl groups is 1. The monoisotopic (exact) mass is 742 g/mol. The molecule has 1 saturated carbocycles. The number of sulfonamides is 1. The minimum atomic E-state index is -3.95. The first-order valence-electron chi connectivity index (χ1n) is 19.1. The number of piperazine rings is 1. The van der Waals surface area contributed by atoms with Gasteiger partial charge in [-0.25, -0.2) is 13.1 Å². The predicted octanol–water partition coefficient (Wildman–Crippen LogP) is 5.10. The van der Waals surface area contributed by atoms with Crippen LogP contribution in [0.5, 0.6) is 5.75 Å². The second kappa shape index (κ2) is 15.5. The molecule has 1 amide bonds. The molecule has 0 unspecified atom stereocenters. The van der Waals surface area contributed by atoms with Crippen molar-refractivity contribution in [2.45, 2.75) is 88.7 Å². The zero-order valence-corrected chi connectivity index (χ0v) is 31.8. The fourth-order valence-electron chi connectivity index (χ4n) is 9.13. The van der Waals surface area contributed by atoms with E-state index in [1.165, 1.54) is 5.56 Å². The van der Waals surface area contributed by atoms with Crippen LogP contribution in [0.1, 0.15) is 80.3 Å². The average Bonchev–Trinajstić information content (AvgIpc) is 3.12. The van der Waals surface area contributed by atoms with E-state index in [1.807, 2.05) is 25.1 Å². The molecule has 4 aliphatic heterocycles. The number of hydrogen-bond acceptors (Lipinski definition) is 9. The van der Waals surface area contributed by atoms with E-state index in [4.69, 9.17) is 21.1 Å². The van der Waals surface area contributed by atoms with E-state index in [0.717, 1.165) is 95.8 Å². The molecule has 12 heteroatoms. The van der Waals surface area contributed by atoms with Crippen LogP contribution in [0.3, 0.4) is 0 Å². The zero-order chi connectivity index (χ0) is 35.8. The van der Waals surface area contributed by atoms with Crippen molar-refractivity contribution in [1.82, 2.24) is 14.5 Å². The second-order valence-corrected chi connectivity index (χ2v) is 18.4. The fraction of sp³-hybridized carbons (Fsp3) is 0.667. The number of halogens is 1. The number of aryl methyl sites for hydroxylation is 1. The number of morpholine rings is 1. The molecule has 2 bridgehead atoms. The lowest BCUT2D eigenvalue weighted by atomic mass is 9.62. The van der Waals surface area contributed by atoms with Gasteiger partial charge in [-0.2, -0.15) is 0 Å². The highest BCUT2D eigenvalue weighted by molar-refractivity contribution is 7.90. The molecule has 2 aromatic carbocycles. The summed E-state index contributed by atoms with van der Waals surface area (Å²) in [5.74, 6) is 0.214. The normalized spacial score (nSPS) is 32.5. The standard InChI is InChI=1S/C39H55ClN4O6S/c1-27-6-5-14-39(46,26-42-16-17-43-18-19-49-25-34(43)23-42)35-12-9-31(35)22-44-15-4-3-7-29-20-33(40)11-8-32(29)24-50-37-13-10-30(21-36(37)44)38(45)41-51(47,48)28(27)2/h8,10-11,13,20-21,27-28,31,34-35,46H,3-7,9,12,14-19,22-26H2,1-2H3,(H,41,45)/t27-,28+,31-,34-,35+,39+/m0/s1. The largest absolute Gasteiger partial charge is 0.487 e. The summed E-state index contributed by atoms with van der Waals surface area (Å²) in [5.41, 5.74) is 2.43. The lowest BCUT2D eigenvalue weighted by Gasteiger charge is -2.52. The third-order valence-corrected chi connectivity index (χ3v) is 14.8. The van der Waals surface area contributed by atoms with Crippen LogP contribution < -0.4 is 14.4 Å². The molecule has 1 aliphatic carbocycles. The molecule has 6 atom stereocenters. The fourth-order valence-corrected chi connectivity index (χ4v) is 10.6. The predicted molar refractivity (Wildman–Crippen MR) is 200 cm³/mol. The number of β-amino-alcohol motifs (C(OH)–C–C–N with tert-alkyl or cyclic N) is 1. The quantitative estimate of drug-likeness (QED) is 0.434. The third kappa shape index (κ3) is 8.24. The molecule has 10 nitrogen and oxygen atoms in total. The topological polar surface area (TPSA) is 112 Å². The van der Waals surface area contributed by atoms with E-state index in [1.54, 1.807) is 25.1 Å². The Kier molecular flexibility index (Phi) is 11.2. The molecule has 5 aliphatic rings. The summed E-state index contributed by atoms with van der Waals surface area (Å²) in [7, 11) is -3.95. The SMILES string of the molecule is C[C@@H]1[C@@H](C)CCC[C@@](O)(CN2CCN3CCOC[C@@H]3C2)[C@@H]2CC[C@H]2CN2CCCCc3cc(Cl)ccc3COc3ccc(cc32)C(=O)NS1(=O)=O. The third-order valence-electron chi connectivity index (χ3n) is 12.6. The number of rotatable bonds is 2. The Labute approximate surface area is 308 Å². The zero-order valence-electron chi connectivity index (χ0n) is 30.2. The summed E-state index contributed by atoms with van der Waals surface area (Å²) >= 11 is 6.39. The van der Waals surface area contributed by atoms with Gasteiger partial charge in [-0.05, 0) is 111 Å². The molecular formula is C39H55ClN4O6S. The van der Waals surface area contributed by atoms with Crippen LogP contribution in [0.4, 0.5) is 5.69 Å². The summed E-state index contributed by atoms with van der Waals surface area (Å²) < 4.78 is 41.8. The Morgan fingerprint density at radius 2 is 1.84 bits per heavy atom. The van der Waals surface area contributed by atoms with Crippen LogP contribution in [-0.2, 0) is 27.8 Å². The van der Waals surface area contributed by atoms with Crippen molar-refractivity contribution in [2.75, 3.05) is 63.9 Å². The van der Waals surface area contributed by atoms with Gasteiger partial charge in [0.15, 0.2) is 0 Å². The van der Waals surface area contributed by atoms with Crippen molar-refractivity contribution >= 4 is 33.2 Å². The number of amides is 1. The summed E-state index contributed by atoms with van der Waals surface area (Å²) in [6, 6.07) is 11.5. The molecule has 0 aromatic heterocycles. The Morgan fingerprint density at radius 1 is 0.980 bits per heavy atom. The maximum Gasteiger partial charge on any atom is 0.264 e. The minimum Gasteiger partial charge on any atom is -0.487 e. The molecule has 280 valence electrons. The number of nitrogens with zero attached hydrogens (tertiary/aromatic N) is 3. The molecule has 2 aromatic rings. The van der Waals surface area contributed by atoms with Crippen LogP contribution in [0.2, 0.25) is 5.02 Å². The molecule has 2 saturated heterocycles. The van der Waals surface area contributed by atoms with Crippen molar-refractivity contribution in [2.24, 2.45) is 17.8 Å². The number of anilines is 1. The van der Waals surface area contributed by atoms with E-state index in [9.17, 15) is 18.3 Å². The number of nitrogens with one attached hydrogen (secondary N) is 1. The highest BCUT2D eigenvalue weighted by atomic mass is 35.5. The molecule has 0 spiro atoms. The van der Waals surface area contributed by atoms with Crippen molar-refractivity contribution in [3.05, 3.63) is 58.1 Å². The van der Waals surface area contributed by atoms with Gasteiger partial charge in [-0.1, -0.05) is 31.0 Å². The number of benzene rings is 2. The lowest BCUT2D eigenvalue weighted by molar-refractivity contribution is -0.120. The summed E-state index contributed by atoms with van der Waals surface area (Å²) in [5, 5.41) is 12.7. The first-order valence-corrected chi connectivity index (χ1v) is 21.0. The summed E-state index contributed by atoms with van der Waals surface area (Å²) in [6.45, 7) is 11.3. The maximum absolute atomic E-state index is 13.6. The highest BCUT2D eigenvalue weighted by Crippen LogP contribution is 2.46. The Bertz CT molecular complexity index is 1680. The molecule has 7 rings (SSSR count). The Balaban J connectivity index is 1.22. The molecule has 0 radical (unpaired) electrons. The van der Waals surface area contributed by atoms with Crippen molar-refractivity contribution in [1.29, 1.82) is 0 Å². The highest BCUT2D eigenvalue weighted by Gasteiger charge is 2.48. The summed E-state index contributed by atoms with van der Waals surface area (Å²) in [4.78, 5) is 20.9. The van der Waals surface area contributed by atoms with Gasteiger partial charge in [-0.3, -0.25) is 14.6 Å². The van der Waals surface area contributed by atoms with Gasteiger partial charge in [0.2, 0.25) is 10.0 Å². The van der Waals surface area contributed by atoms with Gasteiger partial charge >= 0.3 is 0 Å². The van der Waals surface area contributed by atoms with Gasteiger partial charge in [0, 0.05) is 62.4 Å². The van der Waals surface area contributed by atoms with Crippen LogP contribution in [0, 0.1) is 17.8 Å². The number of hydrogen-bond donors (Lipinski definition) is 2. The van der Waals surface area contributed by atoms with Crippen molar-refractivity contribution in [3.8, 4) is 5.75 Å². The second-order valence-electron chi connectivity index (χ2n) is 15.9. The van der Waals surface area contributed by atoms with E-state index in [2.05, 4.69) is 19.4 Å². The Hall–Kier alpha value is -2.41. The van der Waals surface area contributed by atoms with Gasteiger partial charge in [0.1, 0.15) is 12.4 Å². The number of fused-ring (bicyclic) bond motifs is 4. The molecule has 4 heterocycles. The molecule has 51 heavy (non-hydrogen) atoms. The van der Waals surface area contributed by atoms with Crippen LogP contribution in [0.25, 0.3) is 0 Å². The van der Waals surface area contributed by atoms with E-state index >= 15 is 0 Å². The van der Waals surface area contributed by atoms with Gasteiger partial charge in [-0.15, -0.1) is 0 Å². The van der Waals surface area contributed by atoms with E-state index in [-0.39, 0.29) is 23.3 Å². The van der Waals surface area contributed by atoms with Crippen molar-refractivity contribution < 1.29 is 27.8 Å². The van der Waals surface area contributed by atoms with E-state index < -0.39 is 26.8 Å². The first kappa shape index (κ1) is 36.9. The molecular weight excluding hydrogens is 688 g/mol. The van der Waals surface area contributed by atoms with Gasteiger partial charge in [0.05, 0.1) is 29.8 Å².